The van der Waals surface area contributed by atoms with E-state index in [1.165, 1.54) is 42.8 Å². The molecule has 0 bridgehead atoms. The van der Waals surface area contributed by atoms with E-state index in [4.69, 9.17) is 16.3 Å². The van der Waals surface area contributed by atoms with Crippen molar-refractivity contribution in [2.24, 2.45) is 10.9 Å². The van der Waals surface area contributed by atoms with Gasteiger partial charge in [0.1, 0.15) is 17.4 Å². The number of rotatable bonds is 12. The van der Waals surface area contributed by atoms with Gasteiger partial charge in [-0.3, -0.25) is 19.3 Å². The quantitative estimate of drug-likeness (QED) is 0.0659. The van der Waals surface area contributed by atoms with E-state index in [-0.39, 0.29) is 28.8 Å². The Kier molecular flexibility index (Phi) is 9.07. The number of β-lactam (4-membered cyclic amide) rings is 1. The molecule has 4 rings (SSSR count). The molecule has 2 aliphatic heterocycles. The van der Waals surface area contributed by atoms with E-state index >= 15 is 0 Å². The van der Waals surface area contributed by atoms with Crippen molar-refractivity contribution < 1.29 is 43.6 Å². The van der Waals surface area contributed by atoms with Crippen LogP contribution >= 0.6 is 34.9 Å². The highest BCUT2D eigenvalue weighted by atomic mass is 32.2. The zero-order valence-corrected chi connectivity index (χ0v) is 24.6. The zero-order valence-electron chi connectivity index (χ0n) is 22.2. The number of primary amides is 1. The summed E-state index contributed by atoms with van der Waals surface area (Å²) in [5.41, 5.74) is 8.58. The first-order valence-electron chi connectivity index (χ1n) is 12.1. The predicted molar refractivity (Wildman–Crippen MR) is 152 cm³/mol. The fraction of sp³-hybridized carbons (Fsp3) is 0.333. The van der Waals surface area contributed by atoms with Crippen molar-refractivity contribution >= 4 is 75.4 Å². The van der Waals surface area contributed by atoms with Crippen LogP contribution in [0.4, 0.5) is 5.13 Å². The van der Waals surface area contributed by atoms with Gasteiger partial charge in [0.05, 0.1) is 6.04 Å². The maximum absolute atomic E-state index is 13.2. The minimum absolute atomic E-state index is 0.0179. The number of nitrogens with zero attached hydrogens (tertiary/aromatic N) is 4. The number of thiazole rings is 1. The average molecular weight is 637 g/mol. The Balaban J connectivity index is 1.48. The minimum atomic E-state index is -1.77. The number of fused-ring (bicyclic) bond motifs is 1. The van der Waals surface area contributed by atoms with Crippen molar-refractivity contribution in [1.82, 2.24) is 15.2 Å². The summed E-state index contributed by atoms with van der Waals surface area (Å²) >= 11 is 3.65. The van der Waals surface area contributed by atoms with Crippen LogP contribution in [0.5, 0.6) is 0 Å². The van der Waals surface area contributed by atoms with Gasteiger partial charge < -0.3 is 31.8 Å². The molecule has 0 aromatic carbocycles. The Labute approximate surface area is 251 Å². The summed E-state index contributed by atoms with van der Waals surface area (Å²) in [5, 5.41) is 27.1. The van der Waals surface area contributed by atoms with E-state index < -0.39 is 53.1 Å². The lowest BCUT2D eigenvalue weighted by Gasteiger charge is -2.49. The van der Waals surface area contributed by atoms with Crippen LogP contribution in [0.2, 0.25) is 0 Å². The average Bonchev–Trinajstić information content (AvgIpc) is 3.35. The highest BCUT2D eigenvalue weighted by Crippen LogP contribution is 2.41. The Hall–Kier alpha value is -4.16. The Bertz CT molecular complexity index is 1510. The molecule has 3 amide bonds. The third-order valence-corrected chi connectivity index (χ3v) is 9.16. The van der Waals surface area contributed by atoms with Crippen molar-refractivity contribution in [3.63, 3.8) is 0 Å². The number of hydrogen-bond donors (Lipinski definition) is 5. The van der Waals surface area contributed by atoms with Crippen LogP contribution in [0.25, 0.3) is 0 Å². The molecule has 2 atom stereocenters. The van der Waals surface area contributed by atoms with E-state index in [0.29, 0.717) is 10.7 Å². The monoisotopic (exact) mass is 636 g/mol. The van der Waals surface area contributed by atoms with Crippen LogP contribution in [0.3, 0.4) is 0 Å². The first-order chi connectivity index (χ1) is 19.8. The van der Waals surface area contributed by atoms with E-state index in [0.717, 1.165) is 21.1 Å². The summed E-state index contributed by atoms with van der Waals surface area (Å²) in [7, 11) is 0. The molecule has 7 N–H and O–H groups in total. The number of carboxylic acid groups (broad SMARTS) is 2. The molecule has 0 saturated carbocycles. The number of carbonyl (C=O) groups is 5. The first-order valence-corrected chi connectivity index (χ1v) is 15.0. The molecule has 222 valence electrons. The molecule has 2 unspecified atom stereocenters. The zero-order chi connectivity index (χ0) is 30.8. The number of anilines is 1. The highest BCUT2D eigenvalue weighted by Gasteiger charge is 2.54. The van der Waals surface area contributed by atoms with Crippen LogP contribution < -0.4 is 21.4 Å². The molecule has 0 spiro atoms. The summed E-state index contributed by atoms with van der Waals surface area (Å²) in [6.45, 7) is 2.51. The number of carboxylic acids is 2. The SMILES string of the molecule is CC(C)(O/N=C(/C(=O)NC1C(=O)N2C(C(=O)O)=C(CSc3cc[n+](CC(N)=O)cc3)SCC12)c1csc(N)n1)C(=O)O. The maximum Gasteiger partial charge on any atom is 0.353 e. The number of amides is 3. The third kappa shape index (κ3) is 6.66. The molecule has 4 heterocycles. The summed E-state index contributed by atoms with van der Waals surface area (Å²) in [5.74, 6) is -3.99. The van der Waals surface area contributed by atoms with Crippen LogP contribution in [0.1, 0.15) is 19.5 Å². The maximum atomic E-state index is 13.2. The largest absolute Gasteiger partial charge is 0.478 e. The number of carbonyl (C=O) groups excluding carboxylic acids is 3. The van der Waals surface area contributed by atoms with Gasteiger partial charge in [-0.15, -0.1) is 34.9 Å². The summed E-state index contributed by atoms with van der Waals surface area (Å²) in [4.78, 5) is 72.6. The number of aromatic nitrogens is 2. The molecule has 2 aromatic heterocycles. The van der Waals surface area contributed by atoms with Crippen molar-refractivity contribution in [2.75, 3.05) is 17.2 Å². The van der Waals surface area contributed by atoms with Gasteiger partial charge in [0, 0.05) is 38.8 Å². The fourth-order valence-electron chi connectivity index (χ4n) is 3.85. The van der Waals surface area contributed by atoms with Gasteiger partial charge in [0.25, 0.3) is 17.7 Å². The third-order valence-electron chi connectivity index (χ3n) is 6.07. The Morgan fingerprint density at radius 2 is 1.98 bits per heavy atom. The second-order valence-corrected chi connectivity index (χ2v) is 12.5. The van der Waals surface area contributed by atoms with Crippen molar-refractivity contribution in [2.45, 2.75) is 43.0 Å². The second kappa shape index (κ2) is 12.4. The molecule has 15 nitrogen and oxygen atoms in total. The van der Waals surface area contributed by atoms with Gasteiger partial charge in [-0.25, -0.2) is 14.6 Å². The number of hydrogen-bond acceptors (Lipinski definition) is 12. The molecule has 2 aromatic rings. The van der Waals surface area contributed by atoms with Crippen LogP contribution in [-0.4, -0.2) is 84.7 Å². The lowest BCUT2D eigenvalue weighted by Crippen LogP contribution is -2.73. The standard InChI is InChI=1S/C24H25N7O8S3/c1-24(2,22(37)38)39-29-16(12-8-42-23(26)27-12)19(33)28-17-13-9-41-14(18(21(35)36)31(13)20(17)34)10-40-11-3-5-30(6-4-11)7-15(25)32/h3-6,8,13,17H,7,9-10H2,1-2H3,(H6-,25,26,27,28,32,33,35,36,37,38)/p+1/b29-16+. The predicted octanol–water partition coefficient (Wildman–Crippen LogP) is -0.387. The number of aliphatic carboxylic acids is 2. The number of oxime groups is 1. The van der Waals surface area contributed by atoms with Crippen LogP contribution in [-0.2, 0) is 35.4 Å². The molecule has 0 radical (unpaired) electrons. The van der Waals surface area contributed by atoms with Crippen molar-refractivity contribution in [3.8, 4) is 0 Å². The molecular formula is C24H26N7O8S3+. The van der Waals surface area contributed by atoms with Crippen LogP contribution in [0.15, 0.2) is 50.6 Å². The molecule has 42 heavy (non-hydrogen) atoms. The van der Waals surface area contributed by atoms with E-state index in [2.05, 4.69) is 15.5 Å². The number of thioether (sulfide) groups is 2. The van der Waals surface area contributed by atoms with Gasteiger partial charge in [-0.1, -0.05) is 5.16 Å². The summed E-state index contributed by atoms with van der Waals surface area (Å²) in [6, 6.07) is 1.83. The summed E-state index contributed by atoms with van der Waals surface area (Å²) < 4.78 is 1.61. The topological polar surface area (TPSA) is 231 Å². The normalized spacial score (nSPS) is 18.7. The van der Waals surface area contributed by atoms with Crippen molar-refractivity contribution in [1.29, 1.82) is 0 Å². The summed E-state index contributed by atoms with van der Waals surface area (Å²) in [6.07, 6.45) is 3.36. The molecule has 0 aliphatic carbocycles. The Morgan fingerprint density at radius 1 is 1.29 bits per heavy atom. The number of nitrogens with one attached hydrogen (secondary N) is 1. The fourth-order valence-corrected chi connectivity index (χ4v) is 6.70. The number of pyridine rings is 1. The van der Waals surface area contributed by atoms with Gasteiger partial charge in [0.2, 0.25) is 12.1 Å². The lowest BCUT2D eigenvalue weighted by molar-refractivity contribution is -0.684. The van der Waals surface area contributed by atoms with E-state index in [9.17, 15) is 34.2 Å². The molecular weight excluding hydrogens is 611 g/mol. The Morgan fingerprint density at radius 3 is 2.55 bits per heavy atom. The smallest absolute Gasteiger partial charge is 0.353 e. The van der Waals surface area contributed by atoms with E-state index in [1.54, 1.807) is 29.1 Å². The molecule has 1 saturated heterocycles. The van der Waals surface area contributed by atoms with Gasteiger partial charge >= 0.3 is 11.9 Å². The van der Waals surface area contributed by atoms with Gasteiger partial charge in [-0.05, 0) is 13.8 Å². The molecule has 18 heteroatoms. The molecule has 2 aliphatic rings. The lowest BCUT2D eigenvalue weighted by atomic mass is 9.94. The van der Waals surface area contributed by atoms with E-state index in [1.807, 2.05) is 0 Å². The number of nitrogens with two attached hydrogens (primary N) is 2. The highest BCUT2D eigenvalue weighted by molar-refractivity contribution is 8.06. The van der Waals surface area contributed by atoms with Gasteiger partial charge in [-0.2, -0.15) is 4.57 Å². The van der Waals surface area contributed by atoms with Gasteiger partial charge in [0.15, 0.2) is 23.2 Å². The van der Waals surface area contributed by atoms with Crippen LogP contribution in [0, 0.1) is 0 Å². The minimum Gasteiger partial charge on any atom is -0.478 e. The second-order valence-electron chi connectivity index (χ2n) is 9.49. The molecule has 1 fully saturated rings. The van der Waals surface area contributed by atoms with Crippen molar-refractivity contribution in [3.05, 3.63) is 46.2 Å². The number of nitrogen functional groups attached to an aromatic ring is 1. The first kappa shape index (κ1) is 30.8.